The second-order valence-corrected chi connectivity index (χ2v) is 2.68. The molecule has 0 aliphatic heterocycles. The zero-order valence-corrected chi connectivity index (χ0v) is 8.22. The van der Waals surface area contributed by atoms with Gasteiger partial charge < -0.3 is 4.74 Å². The number of nitrogens with one attached hydrogen (secondary N) is 1. The van der Waals surface area contributed by atoms with Gasteiger partial charge in [-0.2, -0.15) is 5.10 Å². The Balaban J connectivity index is 2.79. The van der Waals surface area contributed by atoms with E-state index >= 15 is 0 Å². The van der Waals surface area contributed by atoms with Gasteiger partial charge >= 0.3 is 5.97 Å². The van der Waals surface area contributed by atoms with E-state index in [9.17, 15) is 4.79 Å². The molecule has 0 unspecified atom stereocenters. The standard InChI is InChI=1S/C7H9BrN2O2/c1-2-12-7(11)5-4-9-10-6(5)3-8/h4H,2-3H2,1H3,(H,9,10). The van der Waals surface area contributed by atoms with Gasteiger partial charge in [-0.15, -0.1) is 0 Å². The van der Waals surface area contributed by atoms with E-state index in [0.29, 0.717) is 17.5 Å². The minimum atomic E-state index is -0.333. The summed E-state index contributed by atoms with van der Waals surface area (Å²) in [5, 5.41) is 7.01. The number of alkyl halides is 1. The summed E-state index contributed by atoms with van der Waals surface area (Å²) in [6.45, 7) is 2.15. The molecule has 1 N–H and O–H groups in total. The van der Waals surface area contributed by atoms with E-state index in [1.165, 1.54) is 6.20 Å². The van der Waals surface area contributed by atoms with Gasteiger partial charge in [0.1, 0.15) is 5.56 Å². The molecule has 0 spiro atoms. The molecule has 4 nitrogen and oxygen atoms in total. The molecule has 0 aromatic carbocycles. The van der Waals surface area contributed by atoms with Gasteiger partial charge in [0.25, 0.3) is 0 Å². The van der Waals surface area contributed by atoms with Crippen LogP contribution in [-0.4, -0.2) is 22.8 Å². The molecule has 0 fully saturated rings. The molecule has 1 heterocycles. The molecule has 0 bridgehead atoms. The van der Waals surface area contributed by atoms with Crippen molar-refractivity contribution in [3.8, 4) is 0 Å². The minimum absolute atomic E-state index is 0.333. The van der Waals surface area contributed by atoms with Crippen molar-refractivity contribution in [2.75, 3.05) is 6.61 Å². The van der Waals surface area contributed by atoms with Crippen LogP contribution in [0.5, 0.6) is 0 Å². The first kappa shape index (κ1) is 9.25. The van der Waals surface area contributed by atoms with Crippen LogP contribution in [0.1, 0.15) is 23.0 Å². The molecule has 0 radical (unpaired) electrons. The van der Waals surface area contributed by atoms with E-state index in [1.807, 2.05) is 0 Å². The maximum atomic E-state index is 11.2. The van der Waals surface area contributed by atoms with Gasteiger partial charge in [0.15, 0.2) is 0 Å². The molecule has 66 valence electrons. The molecule has 0 saturated carbocycles. The molecule has 0 aliphatic carbocycles. The number of rotatable bonds is 3. The van der Waals surface area contributed by atoms with Gasteiger partial charge in [0.2, 0.25) is 0 Å². The first-order chi connectivity index (χ1) is 5.79. The van der Waals surface area contributed by atoms with Gasteiger partial charge in [-0.25, -0.2) is 4.79 Å². The average Bonchev–Trinajstić information content (AvgIpc) is 2.51. The summed E-state index contributed by atoms with van der Waals surface area (Å²) >= 11 is 3.23. The predicted octanol–water partition coefficient (Wildman–Crippen LogP) is 1.48. The number of carbonyl (C=O) groups is 1. The third kappa shape index (κ3) is 1.85. The molecule has 0 saturated heterocycles. The largest absolute Gasteiger partial charge is 0.462 e. The zero-order chi connectivity index (χ0) is 8.97. The van der Waals surface area contributed by atoms with Gasteiger partial charge in [0.05, 0.1) is 18.5 Å². The summed E-state index contributed by atoms with van der Waals surface area (Å²) in [5.74, 6) is -0.333. The fourth-order valence-electron chi connectivity index (χ4n) is 0.800. The number of halogens is 1. The number of hydrogen-bond acceptors (Lipinski definition) is 3. The van der Waals surface area contributed by atoms with Crippen LogP contribution >= 0.6 is 15.9 Å². The fourth-order valence-corrected chi connectivity index (χ4v) is 1.23. The zero-order valence-electron chi connectivity index (χ0n) is 6.63. The quantitative estimate of drug-likeness (QED) is 0.635. The van der Waals surface area contributed by atoms with Crippen molar-refractivity contribution >= 4 is 21.9 Å². The Morgan fingerprint density at radius 3 is 3.17 bits per heavy atom. The summed E-state index contributed by atoms with van der Waals surface area (Å²) < 4.78 is 4.81. The lowest BCUT2D eigenvalue weighted by Crippen LogP contribution is -2.05. The first-order valence-corrected chi connectivity index (χ1v) is 4.67. The molecular formula is C7H9BrN2O2. The molecule has 1 aromatic heterocycles. The Labute approximate surface area is 78.4 Å². The van der Waals surface area contributed by atoms with Gasteiger partial charge in [0, 0.05) is 5.33 Å². The predicted molar refractivity (Wildman–Crippen MR) is 47.2 cm³/mol. The van der Waals surface area contributed by atoms with Crippen LogP contribution in [0.3, 0.4) is 0 Å². The number of hydrogen-bond donors (Lipinski definition) is 1. The fraction of sp³-hybridized carbons (Fsp3) is 0.429. The van der Waals surface area contributed by atoms with Crippen molar-refractivity contribution < 1.29 is 9.53 Å². The van der Waals surface area contributed by atoms with Crippen LogP contribution in [0.25, 0.3) is 0 Å². The lowest BCUT2D eigenvalue weighted by Gasteiger charge is -1.99. The lowest BCUT2D eigenvalue weighted by molar-refractivity contribution is 0.0525. The second kappa shape index (κ2) is 4.25. The van der Waals surface area contributed by atoms with Gasteiger partial charge in [-0.3, -0.25) is 5.10 Å². The number of H-pyrrole nitrogens is 1. The van der Waals surface area contributed by atoms with Crippen molar-refractivity contribution in [2.24, 2.45) is 0 Å². The lowest BCUT2D eigenvalue weighted by atomic mass is 10.3. The van der Waals surface area contributed by atoms with E-state index in [2.05, 4.69) is 26.1 Å². The highest BCUT2D eigenvalue weighted by molar-refractivity contribution is 9.08. The topological polar surface area (TPSA) is 55.0 Å². The monoisotopic (exact) mass is 232 g/mol. The first-order valence-electron chi connectivity index (χ1n) is 3.55. The SMILES string of the molecule is CCOC(=O)c1cn[nH]c1CBr. The normalized spacial score (nSPS) is 9.83. The molecule has 0 aliphatic rings. The van der Waals surface area contributed by atoms with Crippen molar-refractivity contribution in [3.63, 3.8) is 0 Å². The third-order valence-corrected chi connectivity index (χ3v) is 1.91. The second-order valence-electron chi connectivity index (χ2n) is 2.12. The summed E-state index contributed by atoms with van der Waals surface area (Å²) in [6.07, 6.45) is 1.47. The van der Waals surface area contributed by atoms with Crippen LogP contribution in [0.2, 0.25) is 0 Å². The van der Waals surface area contributed by atoms with Gasteiger partial charge in [-0.1, -0.05) is 15.9 Å². The summed E-state index contributed by atoms with van der Waals surface area (Å²) in [5.41, 5.74) is 1.24. The molecule has 1 aromatic rings. The van der Waals surface area contributed by atoms with Crippen molar-refractivity contribution in [2.45, 2.75) is 12.3 Å². The molecule has 0 amide bonds. The number of carbonyl (C=O) groups excluding carboxylic acids is 1. The highest BCUT2D eigenvalue weighted by Crippen LogP contribution is 2.09. The Kier molecular flexibility index (Phi) is 3.28. The van der Waals surface area contributed by atoms with E-state index < -0.39 is 0 Å². The summed E-state index contributed by atoms with van der Waals surface area (Å²) in [6, 6.07) is 0. The Morgan fingerprint density at radius 1 is 1.83 bits per heavy atom. The molecule has 1 rings (SSSR count). The van der Waals surface area contributed by atoms with E-state index in [0.717, 1.165) is 5.69 Å². The van der Waals surface area contributed by atoms with E-state index in [1.54, 1.807) is 6.92 Å². The number of aromatic nitrogens is 2. The van der Waals surface area contributed by atoms with Crippen LogP contribution in [0.15, 0.2) is 6.20 Å². The number of ether oxygens (including phenoxy) is 1. The van der Waals surface area contributed by atoms with E-state index in [4.69, 9.17) is 4.74 Å². The minimum Gasteiger partial charge on any atom is -0.462 e. The number of aromatic amines is 1. The van der Waals surface area contributed by atoms with Crippen LogP contribution in [-0.2, 0) is 10.1 Å². The maximum absolute atomic E-state index is 11.2. The smallest absolute Gasteiger partial charge is 0.341 e. The maximum Gasteiger partial charge on any atom is 0.341 e. The summed E-state index contributed by atoms with van der Waals surface area (Å²) in [4.78, 5) is 11.2. The Morgan fingerprint density at radius 2 is 2.58 bits per heavy atom. The van der Waals surface area contributed by atoms with Crippen LogP contribution in [0, 0.1) is 0 Å². The highest BCUT2D eigenvalue weighted by Gasteiger charge is 2.12. The van der Waals surface area contributed by atoms with Crippen molar-refractivity contribution in [1.29, 1.82) is 0 Å². The van der Waals surface area contributed by atoms with Crippen LogP contribution < -0.4 is 0 Å². The number of nitrogens with zero attached hydrogens (tertiary/aromatic N) is 1. The Hall–Kier alpha value is -0.840. The highest BCUT2D eigenvalue weighted by atomic mass is 79.9. The molecule has 5 heteroatoms. The molecule has 12 heavy (non-hydrogen) atoms. The summed E-state index contributed by atoms with van der Waals surface area (Å²) in [7, 11) is 0. The van der Waals surface area contributed by atoms with Gasteiger partial charge in [-0.05, 0) is 6.92 Å². The van der Waals surface area contributed by atoms with Crippen molar-refractivity contribution in [1.82, 2.24) is 10.2 Å². The van der Waals surface area contributed by atoms with Crippen molar-refractivity contribution in [3.05, 3.63) is 17.5 Å². The van der Waals surface area contributed by atoms with E-state index in [-0.39, 0.29) is 5.97 Å². The molecular weight excluding hydrogens is 224 g/mol. The average molecular weight is 233 g/mol. The Bertz CT molecular complexity index is 272. The molecule has 0 atom stereocenters. The third-order valence-electron chi connectivity index (χ3n) is 1.35. The van der Waals surface area contributed by atoms with Crippen LogP contribution in [0.4, 0.5) is 0 Å². The number of esters is 1.